The fourth-order valence-electron chi connectivity index (χ4n) is 0.783. The minimum atomic E-state index is 1.13. The fraction of sp³-hybridized carbons (Fsp3) is 0.800. The van der Waals surface area contributed by atoms with Gasteiger partial charge < -0.3 is 4.90 Å². The molecule has 40 valence electrons. The molecule has 0 atom stereocenters. The molecule has 0 amide bonds. The lowest BCUT2D eigenvalue weighted by atomic mass is 10.4. The first-order valence-corrected chi connectivity index (χ1v) is 2.95. The summed E-state index contributed by atoms with van der Waals surface area (Å²) in [6, 6.07) is 0. The van der Waals surface area contributed by atoms with Gasteiger partial charge in [0, 0.05) is 13.6 Å². The van der Waals surface area contributed by atoms with E-state index in [9.17, 15) is 0 Å². The first-order valence-electron chi connectivity index (χ1n) is 2.54. The second-order valence-corrected chi connectivity index (χ2v) is 2.39. The van der Waals surface area contributed by atoms with Gasteiger partial charge >= 0.3 is 0 Å². The Balaban J connectivity index is 2.48. The molecule has 0 radical (unpaired) electrons. The predicted octanol–water partition coefficient (Wildman–Crippen LogP) is 1.04. The van der Waals surface area contributed by atoms with Gasteiger partial charge in [-0.2, -0.15) is 0 Å². The average Bonchev–Trinajstić information content (AvgIpc) is 1.91. The predicted molar refractivity (Wildman–Crippen MR) is 34.5 cm³/mol. The highest BCUT2D eigenvalue weighted by molar-refractivity contribution is 7.80. The maximum absolute atomic E-state index is 4.97. The van der Waals surface area contributed by atoms with Crippen LogP contribution in [0.5, 0.6) is 0 Å². The van der Waals surface area contributed by atoms with Gasteiger partial charge in [0.1, 0.15) is 0 Å². The number of rotatable bonds is 0. The quantitative estimate of drug-likeness (QED) is 0.434. The Hall–Kier alpha value is -0.110. The van der Waals surface area contributed by atoms with Crippen molar-refractivity contribution in [1.82, 2.24) is 4.90 Å². The van der Waals surface area contributed by atoms with E-state index in [2.05, 4.69) is 11.9 Å². The standard InChI is InChI=1S/C5H9NS/c1-6-4-2-3-5(6)7/h2-4H2,1H3. The van der Waals surface area contributed by atoms with Crippen LogP contribution in [0.1, 0.15) is 12.8 Å². The SMILES string of the molecule is CN1CCCC1=S. The molecular weight excluding hydrogens is 106 g/mol. The molecule has 0 aromatic heterocycles. The smallest absolute Gasteiger partial charge is 0.0777 e. The van der Waals surface area contributed by atoms with E-state index in [-0.39, 0.29) is 0 Å². The Morgan fingerprint density at radius 1 is 1.71 bits per heavy atom. The highest BCUT2D eigenvalue weighted by Crippen LogP contribution is 2.07. The van der Waals surface area contributed by atoms with E-state index in [0.29, 0.717) is 0 Å². The van der Waals surface area contributed by atoms with Crippen molar-refractivity contribution in [3.63, 3.8) is 0 Å². The first-order chi connectivity index (χ1) is 3.30. The molecule has 1 aliphatic rings. The van der Waals surface area contributed by atoms with Crippen LogP contribution in [-0.2, 0) is 0 Å². The highest BCUT2D eigenvalue weighted by atomic mass is 32.1. The lowest BCUT2D eigenvalue weighted by Crippen LogP contribution is -2.16. The van der Waals surface area contributed by atoms with E-state index in [1.54, 1.807) is 0 Å². The minimum Gasteiger partial charge on any atom is -0.369 e. The Kier molecular flexibility index (Phi) is 1.28. The van der Waals surface area contributed by atoms with Crippen molar-refractivity contribution in [2.24, 2.45) is 0 Å². The largest absolute Gasteiger partial charge is 0.369 e. The summed E-state index contributed by atoms with van der Waals surface area (Å²) in [5.74, 6) is 0. The molecule has 0 spiro atoms. The summed E-state index contributed by atoms with van der Waals surface area (Å²) in [5, 5.41) is 0. The molecular formula is C5H9NS. The van der Waals surface area contributed by atoms with Crippen LogP contribution in [0.2, 0.25) is 0 Å². The van der Waals surface area contributed by atoms with Crippen LogP contribution >= 0.6 is 12.2 Å². The zero-order valence-corrected chi connectivity index (χ0v) is 5.29. The Labute approximate surface area is 49.3 Å². The van der Waals surface area contributed by atoms with Gasteiger partial charge in [-0.3, -0.25) is 0 Å². The maximum Gasteiger partial charge on any atom is 0.0777 e. The van der Waals surface area contributed by atoms with Gasteiger partial charge in [0.05, 0.1) is 4.99 Å². The fourth-order valence-corrected chi connectivity index (χ4v) is 1.02. The molecule has 0 aliphatic carbocycles. The zero-order chi connectivity index (χ0) is 5.28. The van der Waals surface area contributed by atoms with Crippen molar-refractivity contribution >= 4 is 17.2 Å². The van der Waals surface area contributed by atoms with E-state index >= 15 is 0 Å². The summed E-state index contributed by atoms with van der Waals surface area (Å²) in [7, 11) is 2.05. The van der Waals surface area contributed by atoms with Crippen LogP contribution in [0.15, 0.2) is 0 Å². The van der Waals surface area contributed by atoms with Crippen molar-refractivity contribution in [3.8, 4) is 0 Å². The topological polar surface area (TPSA) is 3.24 Å². The van der Waals surface area contributed by atoms with Gasteiger partial charge in [0.15, 0.2) is 0 Å². The molecule has 7 heavy (non-hydrogen) atoms. The van der Waals surface area contributed by atoms with Crippen molar-refractivity contribution in [2.45, 2.75) is 12.8 Å². The summed E-state index contributed by atoms with van der Waals surface area (Å²) in [6.07, 6.45) is 2.39. The van der Waals surface area contributed by atoms with Crippen LogP contribution in [0.3, 0.4) is 0 Å². The summed E-state index contributed by atoms with van der Waals surface area (Å²) in [6.45, 7) is 1.17. The van der Waals surface area contributed by atoms with Gasteiger partial charge in [-0.25, -0.2) is 0 Å². The molecule has 0 saturated carbocycles. The van der Waals surface area contributed by atoms with Gasteiger partial charge in [0.25, 0.3) is 0 Å². The van der Waals surface area contributed by atoms with E-state index in [1.807, 2.05) is 0 Å². The minimum absolute atomic E-state index is 1.13. The second-order valence-electron chi connectivity index (χ2n) is 1.92. The van der Waals surface area contributed by atoms with E-state index < -0.39 is 0 Å². The summed E-state index contributed by atoms with van der Waals surface area (Å²) < 4.78 is 0. The molecule has 0 unspecified atom stereocenters. The van der Waals surface area contributed by atoms with Crippen LogP contribution in [0.4, 0.5) is 0 Å². The molecule has 0 aromatic rings. The molecule has 0 N–H and O–H groups in total. The lowest BCUT2D eigenvalue weighted by Gasteiger charge is -2.06. The molecule has 1 nitrogen and oxygen atoms in total. The van der Waals surface area contributed by atoms with E-state index in [4.69, 9.17) is 12.2 Å². The number of likely N-dealkylation sites (tertiary alicyclic amines) is 1. The maximum atomic E-state index is 4.97. The third-order valence-electron chi connectivity index (χ3n) is 1.31. The highest BCUT2D eigenvalue weighted by Gasteiger charge is 2.09. The van der Waals surface area contributed by atoms with Crippen molar-refractivity contribution in [1.29, 1.82) is 0 Å². The number of thiocarbonyl (C=S) groups is 1. The van der Waals surface area contributed by atoms with Gasteiger partial charge in [-0.1, -0.05) is 12.2 Å². The van der Waals surface area contributed by atoms with E-state index in [0.717, 1.165) is 11.4 Å². The summed E-state index contributed by atoms with van der Waals surface area (Å²) >= 11 is 4.97. The second kappa shape index (κ2) is 1.78. The zero-order valence-electron chi connectivity index (χ0n) is 4.48. The van der Waals surface area contributed by atoms with E-state index in [1.165, 1.54) is 13.0 Å². The third-order valence-corrected chi connectivity index (χ3v) is 1.83. The molecule has 1 rings (SSSR count). The normalized spacial score (nSPS) is 21.3. The average molecular weight is 115 g/mol. The molecule has 2 heteroatoms. The molecule has 0 bridgehead atoms. The molecule has 1 heterocycles. The third kappa shape index (κ3) is 0.911. The summed E-state index contributed by atoms with van der Waals surface area (Å²) in [5.41, 5.74) is 0. The molecule has 1 aliphatic heterocycles. The van der Waals surface area contributed by atoms with Crippen molar-refractivity contribution in [2.75, 3.05) is 13.6 Å². The molecule has 0 aromatic carbocycles. The van der Waals surface area contributed by atoms with Crippen LogP contribution < -0.4 is 0 Å². The van der Waals surface area contributed by atoms with Crippen LogP contribution in [-0.4, -0.2) is 23.5 Å². The Bertz CT molecular complexity index is 90.1. The molecule has 1 saturated heterocycles. The monoisotopic (exact) mass is 115 g/mol. The van der Waals surface area contributed by atoms with Gasteiger partial charge in [-0.15, -0.1) is 0 Å². The van der Waals surface area contributed by atoms with Gasteiger partial charge in [-0.05, 0) is 12.8 Å². The van der Waals surface area contributed by atoms with Crippen LogP contribution in [0, 0.1) is 0 Å². The van der Waals surface area contributed by atoms with Crippen molar-refractivity contribution < 1.29 is 0 Å². The van der Waals surface area contributed by atoms with Gasteiger partial charge in [0.2, 0.25) is 0 Å². The number of hydrogen-bond acceptors (Lipinski definition) is 1. The first kappa shape index (κ1) is 5.04. The number of hydrogen-bond donors (Lipinski definition) is 0. The molecule has 1 fully saturated rings. The van der Waals surface area contributed by atoms with Crippen LogP contribution in [0.25, 0.3) is 0 Å². The summed E-state index contributed by atoms with van der Waals surface area (Å²) in [4.78, 5) is 3.26. The number of nitrogens with zero attached hydrogens (tertiary/aromatic N) is 1. The van der Waals surface area contributed by atoms with Crippen molar-refractivity contribution in [3.05, 3.63) is 0 Å². The lowest BCUT2D eigenvalue weighted by molar-refractivity contribution is 0.557. The Morgan fingerprint density at radius 2 is 2.43 bits per heavy atom. The Morgan fingerprint density at radius 3 is 2.57 bits per heavy atom.